The highest BCUT2D eigenvalue weighted by Gasteiger charge is 2.14. The van der Waals surface area contributed by atoms with Gasteiger partial charge < -0.3 is 10.4 Å². The van der Waals surface area contributed by atoms with Crippen molar-refractivity contribution >= 4 is 17.5 Å². The number of rotatable bonds is 6. The maximum Gasteiger partial charge on any atom is 0.254 e. The Labute approximate surface area is 159 Å². The van der Waals surface area contributed by atoms with E-state index in [2.05, 4.69) is 10.4 Å². The summed E-state index contributed by atoms with van der Waals surface area (Å²) < 4.78 is 27.7. The number of aromatic nitrogens is 2. The highest BCUT2D eigenvalue weighted by atomic mass is 35.5. The van der Waals surface area contributed by atoms with Crippen LogP contribution in [0.5, 0.6) is 0 Å². The number of nitrogens with zero attached hydrogens (tertiary/aromatic N) is 2. The van der Waals surface area contributed by atoms with E-state index in [0.717, 1.165) is 17.7 Å². The number of nitrogens with one attached hydrogen (secondary N) is 1. The van der Waals surface area contributed by atoms with Gasteiger partial charge in [-0.3, -0.25) is 9.48 Å². The first-order valence-corrected chi connectivity index (χ1v) is 8.49. The Bertz CT molecular complexity index is 962. The molecule has 0 aliphatic carbocycles. The number of amides is 1. The molecule has 0 aliphatic heterocycles. The average molecular weight is 392 g/mol. The van der Waals surface area contributed by atoms with Crippen molar-refractivity contribution < 1.29 is 18.7 Å². The molecule has 1 aromatic heterocycles. The van der Waals surface area contributed by atoms with E-state index >= 15 is 0 Å². The minimum Gasteiger partial charge on any atom is -0.387 e. The van der Waals surface area contributed by atoms with E-state index in [0.29, 0.717) is 17.1 Å². The first kappa shape index (κ1) is 19.0. The van der Waals surface area contributed by atoms with E-state index in [4.69, 9.17) is 11.6 Å². The van der Waals surface area contributed by atoms with Crippen LogP contribution in [-0.2, 0) is 6.54 Å². The molecule has 0 aliphatic rings. The summed E-state index contributed by atoms with van der Waals surface area (Å²) in [4.78, 5) is 12.2. The summed E-state index contributed by atoms with van der Waals surface area (Å²) in [5.74, 6) is -2.50. The molecule has 8 heteroatoms. The predicted molar refractivity (Wildman–Crippen MR) is 96.4 cm³/mol. The van der Waals surface area contributed by atoms with E-state index in [9.17, 15) is 18.7 Å². The lowest BCUT2D eigenvalue weighted by molar-refractivity contribution is 0.0916. The van der Waals surface area contributed by atoms with Gasteiger partial charge in [0.1, 0.15) is 0 Å². The largest absolute Gasteiger partial charge is 0.387 e. The number of aliphatic hydroxyl groups is 1. The van der Waals surface area contributed by atoms with E-state index in [1.54, 1.807) is 16.9 Å². The summed E-state index contributed by atoms with van der Waals surface area (Å²) in [5.41, 5.74) is 1.34. The van der Waals surface area contributed by atoms with Crippen molar-refractivity contribution in [2.45, 2.75) is 12.6 Å². The predicted octanol–water partition coefficient (Wildman–Crippen LogP) is 3.33. The van der Waals surface area contributed by atoms with Crippen molar-refractivity contribution in [2.24, 2.45) is 0 Å². The van der Waals surface area contributed by atoms with Gasteiger partial charge in [0, 0.05) is 17.8 Å². The third-order valence-corrected chi connectivity index (χ3v) is 4.34. The molecule has 0 saturated carbocycles. The van der Waals surface area contributed by atoms with Crippen LogP contribution in [0.2, 0.25) is 5.02 Å². The second-order valence-electron chi connectivity index (χ2n) is 5.92. The van der Waals surface area contributed by atoms with Gasteiger partial charge in [0.25, 0.3) is 5.91 Å². The molecule has 3 rings (SSSR count). The maximum absolute atomic E-state index is 13.2. The van der Waals surface area contributed by atoms with E-state index in [1.165, 1.54) is 12.3 Å². The standard InChI is InChI=1S/C19H16ClF2N3O2/c20-15-4-2-1-3-13(15)10-25-11-14(8-24-25)19(27)23-9-18(26)12-5-6-16(21)17(22)7-12/h1-8,11,18,26H,9-10H2,(H,23,27)/t18-/m0/s1. The molecule has 1 atom stereocenters. The van der Waals surface area contributed by atoms with Gasteiger partial charge in [0.2, 0.25) is 0 Å². The van der Waals surface area contributed by atoms with Gasteiger partial charge >= 0.3 is 0 Å². The zero-order valence-electron chi connectivity index (χ0n) is 14.1. The molecule has 0 bridgehead atoms. The minimum atomic E-state index is -1.16. The van der Waals surface area contributed by atoms with Crippen molar-refractivity contribution in [3.63, 3.8) is 0 Å². The van der Waals surface area contributed by atoms with Crippen molar-refractivity contribution in [3.8, 4) is 0 Å². The fourth-order valence-electron chi connectivity index (χ4n) is 2.50. The number of aliphatic hydroxyl groups excluding tert-OH is 1. The third kappa shape index (κ3) is 4.69. The molecule has 1 amide bonds. The first-order valence-electron chi connectivity index (χ1n) is 8.11. The summed E-state index contributed by atoms with van der Waals surface area (Å²) >= 11 is 6.11. The smallest absolute Gasteiger partial charge is 0.254 e. The molecule has 1 heterocycles. The number of benzene rings is 2. The monoisotopic (exact) mass is 391 g/mol. The average Bonchev–Trinajstić information content (AvgIpc) is 3.12. The van der Waals surface area contributed by atoms with E-state index in [-0.39, 0.29) is 12.1 Å². The van der Waals surface area contributed by atoms with Gasteiger partial charge in [-0.1, -0.05) is 35.9 Å². The zero-order valence-corrected chi connectivity index (χ0v) is 14.8. The lowest BCUT2D eigenvalue weighted by Crippen LogP contribution is -2.28. The minimum absolute atomic E-state index is 0.153. The summed E-state index contributed by atoms with van der Waals surface area (Å²) in [6.07, 6.45) is 1.79. The second kappa shape index (κ2) is 8.28. The van der Waals surface area contributed by atoms with Crippen LogP contribution >= 0.6 is 11.6 Å². The third-order valence-electron chi connectivity index (χ3n) is 3.97. The molecular weight excluding hydrogens is 376 g/mol. The van der Waals surface area contributed by atoms with Crippen LogP contribution in [0.3, 0.4) is 0 Å². The fourth-order valence-corrected chi connectivity index (χ4v) is 2.69. The molecule has 3 aromatic rings. The first-order chi connectivity index (χ1) is 12.9. The Hall–Kier alpha value is -2.77. The molecule has 0 saturated heterocycles. The number of carbonyl (C=O) groups is 1. The number of halogens is 3. The second-order valence-corrected chi connectivity index (χ2v) is 6.32. The molecular formula is C19H16ClF2N3O2. The molecule has 5 nitrogen and oxygen atoms in total. The van der Waals surface area contributed by atoms with Crippen LogP contribution in [-0.4, -0.2) is 27.3 Å². The van der Waals surface area contributed by atoms with Crippen molar-refractivity contribution in [2.75, 3.05) is 6.54 Å². The van der Waals surface area contributed by atoms with Gasteiger partial charge in [-0.2, -0.15) is 5.10 Å². The molecule has 140 valence electrons. The summed E-state index contributed by atoms with van der Waals surface area (Å²) in [5, 5.41) is 17.3. The molecule has 0 spiro atoms. The van der Waals surface area contributed by atoms with E-state index in [1.807, 2.05) is 18.2 Å². The highest BCUT2D eigenvalue weighted by molar-refractivity contribution is 6.31. The van der Waals surface area contributed by atoms with Gasteiger partial charge in [0.15, 0.2) is 11.6 Å². The Morgan fingerprint density at radius 1 is 1.22 bits per heavy atom. The SMILES string of the molecule is O=C(NC[C@H](O)c1ccc(F)c(F)c1)c1cnn(Cc2ccccc2Cl)c1. The van der Waals surface area contributed by atoms with Crippen LogP contribution in [0.15, 0.2) is 54.9 Å². The van der Waals surface area contributed by atoms with Crippen molar-refractivity contribution in [1.82, 2.24) is 15.1 Å². The van der Waals surface area contributed by atoms with Crippen molar-refractivity contribution in [1.29, 1.82) is 0 Å². The van der Waals surface area contributed by atoms with Gasteiger partial charge in [-0.05, 0) is 29.3 Å². The van der Waals surface area contributed by atoms with E-state index < -0.39 is 23.6 Å². The fraction of sp³-hybridized carbons (Fsp3) is 0.158. The van der Waals surface area contributed by atoms with Gasteiger partial charge in [-0.25, -0.2) is 8.78 Å². The van der Waals surface area contributed by atoms with Gasteiger partial charge in [0.05, 0.1) is 24.4 Å². The molecule has 2 aromatic carbocycles. The maximum atomic E-state index is 13.2. The summed E-state index contributed by atoms with van der Waals surface area (Å²) in [6.45, 7) is 0.254. The number of hydrogen-bond acceptors (Lipinski definition) is 3. The normalized spacial score (nSPS) is 12.0. The Morgan fingerprint density at radius 3 is 2.74 bits per heavy atom. The Balaban J connectivity index is 1.59. The molecule has 2 N–H and O–H groups in total. The molecule has 0 unspecified atom stereocenters. The molecule has 0 fully saturated rings. The summed E-state index contributed by atoms with van der Waals surface area (Å²) in [7, 11) is 0. The number of hydrogen-bond donors (Lipinski definition) is 2. The lowest BCUT2D eigenvalue weighted by atomic mass is 10.1. The highest BCUT2D eigenvalue weighted by Crippen LogP contribution is 2.17. The van der Waals surface area contributed by atoms with Crippen LogP contribution in [0.1, 0.15) is 27.6 Å². The van der Waals surface area contributed by atoms with Crippen LogP contribution in [0.4, 0.5) is 8.78 Å². The van der Waals surface area contributed by atoms with Gasteiger partial charge in [-0.15, -0.1) is 0 Å². The van der Waals surface area contributed by atoms with Crippen molar-refractivity contribution in [3.05, 3.63) is 88.2 Å². The quantitative estimate of drug-likeness (QED) is 0.677. The summed E-state index contributed by atoms with van der Waals surface area (Å²) in [6, 6.07) is 10.4. The van der Waals surface area contributed by atoms with Crippen LogP contribution in [0.25, 0.3) is 0 Å². The topological polar surface area (TPSA) is 67.2 Å². The zero-order chi connectivity index (χ0) is 19.4. The Kier molecular flexibility index (Phi) is 5.83. The lowest BCUT2D eigenvalue weighted by Gasteiger charge is -2.12. The Morgan fingerprint density at radius 2 is 2.00 bits per heavy atom. The van der Waals surface area contributed by atoms with Crippen LogP contribution < -0.4 is 5.32 Å². The number of carbonyl (C=O) groups excluding carboxylic acids is 1. The van der Waals surface area contributed by atoms with Crippen LogP contribution in [0, 0.1) is 11.6 Å². The molecule has 0 radical (unpaired) electrons. The molecule has 27 heavy (non-hydrogen) atoms.